The molecule has 0 aliphatic heterocycles. The van der Waals surface area contributed by atoms with E-state index >= 15 is 0 Å². The summed E-state index contributed by atoms with van der Waals surface area (Å²) in [4.78, 5) is 14.4. The molecule has 0 aromatic carbocycles. The highest BCUT2D eigenvalue weighted by Crippen LogP contribution is 2.26. The molecule has 0 aliphatic carbocycles. The summed E-state index contributed by atoms with van der Waals surface area (Å²) in [5, 5.41) is 0. The molecule has 23 heavy (non-hydrogen) atoms. The van der Waals surface area contributed by atoms with Crippen LogP contribution >= 0.6 is 0 Å². The molecule has 1 heterocycles. The van der Waals surface area contributed by atoms with Gasteiger partial charge >= 0.3 is 6.18 Å². The summed E-state index contributed by atoms with van der Waals surface area (Å²) in [5.41, 5.74) is 10.3. The Kier molecular flexibility index (Phi) is 7.43. The Balaban J connectivity index is 2.52. The molecule has 0 bridgehead atoms. The average Bonchev–Trinajstić information content (AvgIpc) is 2.48. The second kappa shape index (κ2) is 8.82. The summed E-state index contributed by atoms with van der Waals surface area (Å²) in [6.07, 6.45) is -5.83. The van der Waals surface area contributed by atoms with Gasteiger partial charge in [0.15, 0.2) is 6.10 Å². The molecule has 130 valence electrons. The summed E-state index contributed by atoms with van der Waals surface area (Å²) in [5.74, 6) is -1.13. The Morgan fingerprint density at radius 3 is 2.48 bits per heavy atom. The molecule has 0 saturated carbocycles. The van der Waals surface area contributed by atoms with Crippen molar-refractivity contribution in [3.63, 3.8) is 0 Å². The average molecular weight is 353 g/mol. The largest absolute Gasteiger partial charge is 0.465 e. The number of nitrogens with two attached hydrogens (primary N) is 2. The van der Waals surface area contributed by atoms with E-state index in [0.29, 0.717) is 0 Å². The number of halogens is 3. The number of rotatable bonds is 9. The second-order valence-corrected chi connectivity index (χ2v) is 6.45. The lowest BCUT2D eigenvalue weighted by atomic mass is 10.2. The third-order valence-corrected chi connectivity index (χ3v) is 4.28. The molecule has 0 radical (unpaired) electrons. The van der Waals surface area contributed by atoms with Gasteiger partial charge in [-0.05, 0) is 12.5 Å². The fourth-order valence-corrected chi connectivity index (χ4v) is 2.79. The third kappa shape index (κ3) is 7.42. The smallest absolute Gasteiger partial charge is 0.425 e. The fraction of sp³-hybridized carbons (Fsp3) is 0.538. The van der Waals surface area contributed by atoms with E-state index in [0.717, 1.165) is 0 Å². The van der Waals surface area contributed by atoms with Crippen LogP contribution in [0.15, 0.2) is 24.4 Å². The number of aromatic nitrogens is 1. The second-order valence-electron chi connectivity index (χ2n) is 4.75. The van der Waals surface area contributed by atoms with Gasteiger partial charge in [0.05, 0.1) is 6.04 Å². The Hall–Kier alpha value is -1.68. The van der Waals surface area contributed by atoms with Crippen LogP contribution in [0.5, 0.6) is 5.88 Å². The van der Waals surface area contributed by atoms with Crippen LogP contribution in [0.2, 0.25) is 0 Å². The number of ether oxygens (including phenoxy) is 1. The highest BCUT2D eigenvalue weighted by molar-refractivity contribution is 7.84. The Morgan fingerprint density at radius 1 is 1.30 bits per heavy atom. The van der Waals surface area contributed by atoms with Gasteiger partial charge in [-0.2, -0.15) is 13.2 Å². The minimum Gasteiger partial charge on any atom is -0.465 e. The van der Waals surface area contributed by atoms with Crippen LogP contribution in [-0.2, 0) is 15.6 Å². The van der Waals surface area contributed by atoms with Crippen molar-refractivity contribution in [3.05, 3.63) is 24.4 Å². The Bertz CT molecular complexity index is 528. The van der Waals surface area contributed by atoms with Crippen molar-refractivity contribution >= 4 is 16.7 Å². The molecule has 1 aromatic rings. The third-order valence-electron chi connectivity index (χ3n) is 2.90. The standard InChI is InChI=1S/C13H18F3N3O3S/c14-13(15,16)10(22-11-3-1-2-6-19-11)5-8-23(21)7-4-9(17)12(18)20/h1-3,6,9-10H,4-5,7-8,17H2,(H2,18,20). The summed E-state index contributed by atoms with van der Waals surface area (Å²) >= 11 is 0. The van der Waals surface area contributed by atoms with Gasteiger partial charge in [-0.15, -0.1) is 0 Å². The van der Waals surface area contributed by atoms with Gasteiger partial charge in [0.2, 0.25) is 11.8 Å². The van der Waals surface area contributed by atoms with E-state index < -0.39 is 41.4 Å². The topological polar surface area (TPSA) is 108 Å². The first-order chi connectivity index (χ1) is 10.7. The SMILES string of the molecule is NC(=O)C(N)CCS(=O)CCC(Oc1ccccn1)C(F)(F)F. The van der Waals surface area contributed by atoms with Crippen LogP contribution < -0.4 is 16.2 Å². The Labute approximate surface area is 133 Å². The van der Waals surface area contributed by atoms with E-state index in [1.165, 1.54) is 18.3 Å². The van der Waals surface area contributed by atoms with E-state index in [1.807, 2.05) is 0 Å². The molecular weight excluding hydrogens is 335 g/mol. The van der Waals surface area contributed by atoms with Crippen LogP contribution in [0.25, 0.3) is 0 Å². The minimum absolute atomic E-state index is 0.00172. The summed E-state index contributed by atoms with van der Waals surface area (Å²) in [6.45, 7) is 0. The number of pyridine rings is 1. The zero-order valence-corrected chi connectivity index (χ0v) is 13.0. The molecule has 1 aromatic heterocycles. The van der Waals surface area contributed by atoms with Crippen LogP contribution in [0, 0.1) is 0 Å². The first-order valence-corrected chi connectivity index (χ1v) is 8.23. The molecule has 0 fully saturated rings. The van der Waals surface area contributed by atoms with Crippen LogP contribution in [0.1, 0.15) is 12.8 Å². The molecule has 6 nitrogen and oxygen atoms in total. The molecule has 0 saturated heterocycles. The highest BCUT2D eigenvalue weighted by atomic mass is 32.2. The predicted octanol–water partition coefficient (Wildman–Crippen LogP) is 0.733. The molecule has 4 N–H and O–H groups in total. The van der Waals surface area contributed by atoms with Crippen molar-refractivity contribution in [1.82, 2.24) is 4.98 Å². The van der Waals surface area contributed by atoms with Crippen molar-refractivity contribution < 1.29 is 26.9 Å². The number of amides is 1. The van der Waals surface area contributed by atoms with E-state index in [-0.39, 0.29) is 23.8 Å². The molecule has 10 heteroatoms. The van der Waals surface area contributed by atoms with Crippen LogP contribution in [0.3, 0.4) is 0 Å². The lowest BCUT2D eigenvalue weighted by Gasteiger charge is -2.21. The fourth-order valence-electron chi connectivity index (χ4n) is 1.59. The first kappa shape index (κ1) is 19.4. The maximum absolute atomic E-state index is 12.9. The lowest BCUT2D eigenvalue weighted by Crippen LogP contribution is -2.38. The zero-order chi connectivity index (χ0) is 17.5. The lowest BCUT2D eigenvalue weighted by molar-refractivity contribution is -0.196. The van der Waals surface area contributed by atoms with Gasteiger partial charge in [-0.3, -0.25) is 9.00 Å². The quantitative estimate of drug-likeness (QED) is 0.680. The zero-order valence-electron chi connectivity index (χ0n) is 12.2. The highest BCUT2D eigenvalue weighted by Gasteiger charge is 2.41. The van der Waals surface area contributed by atoms with Crippen LogP contribution in [-0.4, -0.2) is 44.9 Å². The van der Waals surface area contributed by atoms with Gasteiger partial charge in [-0.25, -0.2) is 4.98 Å². The van der Waals surface area contributed by atoms with Crippen LogP contribution in [0.4, 0.5) is 13.2 Å². The predicted molar refractivity (Wildman–Crippen MR) is 79.0 cm³/mol. The summed E-state index contributed by atoms with van der Waals surface area (Å²) < 4.78 is 55.4. The summed E-state index contributed by atoms with van der Waals surface area (Å²) in [6, 6.07) is 3.40. The van der Waals surface area contributed by atoms with Crippen molar-refractivity contribution in [2.24, 2.45) is 11.5 Å². The van der Waals surface area contributed by atoms with Crippen molar-refractivity contribution in [3.8, 4) is 5.88 Å². The molecular formula is C13H18F3N3O3S. The van der Waals surface area contributed by atoms with Crippen molar-refractivity contribution in [2.75, 3.05) is 11.5 Å². The van der Waals surface area contributed by atoms with Gasteiger partial charge in [0, 0.05) is 41.0 Å². The monoisotopic (exact) mass is 353 g/mol. The number of nitrogens with zero attached hydrogens (tertiary/aromatic N) is 1. The minimum atomic E-state index is -4.61. The van der Waals surface area contributed by atoms with Gasteiger partial charge < -0.3 is 16.2 Å². The molecule has 3 atom stereocenters. The van der Waals surface area contributed by atoms with Gasteiger partial charge in [-0.1, -0.05) is 6.07 Å². The number of carbonyl (C=O) groups is 1. The number of alkyl halides is 3. The Morgan fingerprint density at radius 2 is 1.96 bits per heavy atom. The molecule has 3 unspecified atom stereocenters. The van der Waals surface area contributed by atoms with E-state index in [9.17, 15) is 22.2 Å². The van der Waals surface area contributed by atoms with Gasteiger partial charge in [0.1, 0.15) is 0 Å². The maximum Gasteiger partial charge on any atom is 0.425 e. The maximum atomic E-state index is 12.9. The molecule has 0 aliphatic rings. The number of primary amides is 1. The molecule has 1 rings (SSSR count). The van der Waals surface area contributed by atoms with Gasteiger partial charge in [0.25, 0.3) is 0 Å². The van der Waals surface area contributed by atoms with E-state index in [4.69, 9.17) is 16.2 Å². The summed E-state index contributed by atoms with van der Waals surface area (Å²) in [7, 11) is -1.56. The van der Waals surface area contributed by atoms with E-state index in [2.05, 4.69) is 4.98 Å². The molecule has 1 amide bonds. The van der Waals surface area contributed by atoms with E-state index in [1.54, 1.807) is 6.07 Å². The van der Waals surface area contributed by atoms with Crippen molar-refractivity contribution in [2.45, 2.75) is 31.2 Å². The number of hydrogen-bond acceptors (Lipinski definition) is 5. The first-order valence-electron chi connectivity index (χ1n) is 6.74. The molecule has 0 spiro atoms. The number of hydrogen-bond donors (Lipinski definition) is 2. The van der Waals surface area contributed by atoms with Crippen molar-refractivity contribution in [1.29, 1.82) is 0 Å². The number of carbonyl (C=O) groups excluding carboxylic acids is 1. The normalized spacial score (nSPS) is 15.7.